The van der Waals surface area contributed by atoms with Crippen LogP contribution in [0.2, 0.25) is 0 Å². The first-order valence-corrected chi connectivity index (χ1v) is 9.57. The van der Waals surface area contributed by atoms with E-state index in [2.05, 4.69) is 15.7 Å². The molecule has 0 radical (unpaired) electrons. The SMILES string of the molecule is Cc1ccnn1CCC(=O)N[C@H]1CC[C@@H](C(=O)NCc2cccs2)C1. The lowest BCUT2D eigenvalue weighted by atomic mass is 10.1. The third-order valence-corrected chi connectivity index (χ3v) is 5.54. The second kappa shape index (κ2) is 8.29. The van der Waals surface area contributed by atoms with Crippen LogP contribution in [-0.4, -0.2) is 27.6 Å². The van der Waals surface area contributed by atoms with Crippen LogP contribution in [0, 0.1) is 12.8 Å². The average Bonchev–Trinajstić information content (AvgIpc) is 3.33. The fourth-order valence-corrected chi connectivity index (χ4v) is 3.87. The van der Waals surface area contributed by atoms with E-state index in [0.717, 1.165) is 29.8 Å². The summed E-state index contributed by atoms with van der Waals surface area (Å²) in [6, 6.07) is 6.03. The van der Waals surface area contributed by atoms with E-state index in [1.807, 2.05) is 35.2 Å². The minimum Gasteiger partial charge on any atom is -0.353 e. The third kappa shape index (κ3) is 4.92. The molecule has 6 nitrogen and oxygen atoms in total. The van der Waals surface area contributed by atoms with Crippen molar-refractivity contribution >= 4 is 23.2 Å². The molecule has 2 N–H and O–H groups in total. The number of thiophene rings is 1. The fourth-order valence-electron chi connectivity index (χ4n) is 3.22. The van der Waals surface area contributed by atoms with Gasteiger partial charge in [0.25, 0.3) is 0 Å². The Morgan fingerprint density at radius 1 is 1.36 bits per heavy atom. The number of carbonyl (C=O) groups is 2. The van der Waals surface area contributed by atoms with E-state index >= 15 is 0 Å². The van der Waals surface area contributed by atoms with Crippen LogP contribution in [0.1, 0.15) is 36.3 Å². The number of carbonyl (C=O) groups excluding carboxylic acids is 2. The van der Waals surface area contributed by atoms with Gasteiger partial charge in [0.2, 0.25) is 11.8 Å². The first-order valence-electron chi connectivity index (χ1n) is 8.69. The molecule has 134 valence electrons. The lowest BCUT2D eigenvalue weighted by molar-refractivity contribution is -0.125. The average molecular weight is 360 g/mol. The smallest absolute Gasteiger partial charge is 0.223 e. The Hall–Kier alpha value is -2.15. The van der Waals surface area contributed by atoms with Gasteiger partial charge in [0, 0.05) is 41.7 Å². The normalized spacial score (nSPS) is 19.7. The van der Waals surface area contributed by atoms with Crippen molar-refractivity contribution in [1.82, 2.24) is 20.4 Å². The van der Waals surface area contributed by atoms with Crippen LogP contribution in [-0.2, 0) is 22.7 Å². The Morgan fingerprint density at radius 3 is 2.96 bits per heavy atom. The molecule has 2 atom stereocenters. The molecule has 1 aliphatic rings. The van der Waals surface area contributed by atoms with Gasteiger partial charge in [-0.15, -0.1) is 11.3 Å². The summed E-state index contributed by atoms with van der Waals surface area (Å²) in [6.07, 6.45) is 4.57. The summed E-state index contributed by atoms with van der Waals surface area (Å²) in [7, 11) is 0. The Bertz CT molecular complexity index is 710. The summed E-state index contributed by atoms with van der Waals surface area (Å²) in [5.41, 5.74) is 1.05. The summed E-state index contributed by atoms with van der Waals surface area (Å²) >= 11 is 1.64. The van der Waals surface area contributed by atoms with Crippen molar-refractivity contribution in [1.29, 1.82) is 0 Å². The quantitative estimate of drug-likeness (QED) is 0.795. The molecule has 0 aromatic carbocycles. The molecule has 2 amide bonds. The van der Waals surface area contributed by atoms with Crippen LogP contribution < -0.4 is 10.6 Å². The monoisotopic (exact) mass is 360 g/mol. The molecule has 0 aliphatic heterocycles. The zero-order valence-corrected chi connectivity index (χ0v) is 15.2. The second-order valence-electron chi connectivity index (χ2n) is 6.52. The highest BCUT2D eigenvalue weighted by molar-refractivity contribution is 7.09. The minimum absolute atomic E-state index is 0.00128. The second-order valence-corrected chi connectivity index (χ2v) is 7.55. The summed E-state index contributed by atoms with van der Waals surface area (Å²) in [5.74, 6) is 0.121. The van der Waals surface area contributed by atoms with Gasteiger partial charge >= 0.3 is 0 Å². The van der Waals surface area contributed by atoms with Crippen LogP contribution >= 0.6 is 11.3 Å². The molecule has 1 aliphatic carbocycles. The number of rotatable bonds is 7. The standard InChI is InChI=1S/C18H24N4O2S/c1-13-6-8-20-22(13)9-7-17(23)21-15-5-4-14(11-15)18(24)19-12-16-3-2-10-25-16/h2-3,6,8,10,14-15H,4-5,7,9,11-12H2,1H3,(H,19,24)(H,21,23)/t14-,15+/m1/s1. The summed E-state index contributed by atoms with van der Waals surface area (Å²) < 4.78 is 1.83. The van der Waals surface area contributed by atoms with Gasteiger partial charge in [-0.3, -0.25) is 14.3 Å². The van der Waals surface area contributed by atoms with Gasteiger partial charge in [0.05, 0.1) is 6.54 Å². The number of aryl methyl sites for hydroxylation is 2. The number of nitrogens with zero attached hydrogens (tertiary/aromatic N) is 2. The van der Waals surface area contributed by atoms with E-state index < -0.39 is 0 Å². The number of nitrogens with one attached hydrogen (secondary N) is 2. The topological polar surface area (TPSA) is 76.0 Å². The first kappa shape index (κ1) is 17.7. The van der Waals surface area contributed by atoms with Gasteiger partial charge < -0.3 is 10.6 Å². The van der Waals surface area contributed by atoms with Gasteiger partial charge in [0.15, 0.2) is 0 Å². The van der Waals surface area contributed by atoms with Crippen LogP contribution in [0.25, 0.3) is 0 Å². The van der Waals surface area contributed by atoms with Gasteiger partial charge in [-0.25, -0.2) is 0 Å². The molecular formula is C18H24N4O2S. The molecule has 0 unspecified atom stereocenters. The van der Waals surface area contributed by atoms with E-state index in [1.165, 1.54) is 0 Å². The first-order chi connectivity index (χ1) is 12.1. The van der Waals surface area contributed by atoms with Gasteiger partial charge in [-0.05, 0) is 43.7 Å². The highest BCUT2D eigenvalue weighted by Gasteiger charge is 2.30. The molecule has 1 fully saturated rings. The van der Waals surface area contributed by atoms with E-state index in [4.69, 9.17) is 0 Å². The van der Waals surface area contributed by atoms with Crippen molar-refractivity contribution in [3.05, 3.63) is 40.3 Å². The predicted octanol–water partition coefficient (Wildman–Crippen LogP) is 2.24. The van der Waals surface area contributed by atoms with Crippen molar-refractivity contribution in [2.24, 2.45) is 5.92 Å². The maximum absolute atomic E-state index is 12.3. The van der Waals surface area contributed by atoms with Crippen molar-refractivity contribution in [3.8, 4) is 0 Å². The predicted molar refractivity (Wildman–Crippen MR) is 97.0 cm³/mol. The van der Waals surface area contributed by atoms with Crippen molar-refractivity contribution in [3.63, 3.8) is 0 Å². The van der Waals surface area contributed by atoms with E-state index in [9.17, 15) is 9.59 Å². The Kier molecular flexibility index (Phi) is 5.86. The lowest BCUT2D eigenvalue weighted by Crippen LogP contribution is -2.35. The molecule has 0 saturated heterocycles. The van der Waals surface area contributed by atoms with Gasteiger partial charge in [0.1, 0.15) is 0 Å². The summed E-state index contributed by atoms with van der Waals surface area (Å²) in [6.45, 7) is 3.15. The summed E-state index contributed by atoms with van der Waals surface area (Å²) in [4.78, 5) is 25.5. The maximum atomic E-state index is 12.3. The number of amides is 2. The number of hydrogen-bond donors (Lipinski definition) is 2. The maximum Gasteiger partial charge on any atom is 0.223 e. The largest absolute Gasteiger partial charge is 0.353 e. The zero-order valence-electron chi connectivity index (χ0n) is 14.4. The number of aromatic nitrogens is 2. The van der Waals surface area contributed by atoms with Crippen LogP contribution in [0.3, 0.4) is 0 Å². The fraction of sp³-hybridized carbons (Fsp3) is 0.500. The molecule has 25 heavy (non-hydrogen) atoms. The molecule has 1 saturated carbocycles. The molecule has 2 heterocycles. The van der Waals surface area contributed by atoms with E-state index in [-0.39, 0.29) is 23.8 Å². The Balaban J connectivity index is 1.37. The molecule has 0 spiro atoms. The van der Waals surface area contributed by atoms with Crippen molar-refractivity contribution < 1.29 is 9.59 Å². The van der Waals surface area contributed by atoms with E-state index in [0.29, 0.717) is 19.5 Å². The zero-order chi connectivity index (χ0) is 17.6. The van der Waals surface area contributed by atoms with E-state index in [1.54, 1.807) is 17.5 Å². The Labute approximate surface area is 151 Å². The molecular weight excluding hydrogens is 336 g/mol. The summed E-state index contributed by atoms with van der Waals surface area (Å²) in [5, 5.41) is 12.2. The van der Waals surface area contributed by atoms with Gasteiger partial charge in [-0.2, -0.15) is 5.10 Å². The molecule has 2 aromatic heterocycles. The molecule has 2 aromatic rings. The van der Waals surface area contributed by atoms with Crippen molar-refractivity contribution in [2.75, 3.05) is 0 Å². The molecule has 7 heteroatoms. The van der Waals surface area contributed by atoms with Crippen LogP contribution in [0.15, 0.2) is 29.8 Å². The highest BCUT2D eigenvalue weighted by Crippen LogP contribution is 2.26. The Morgan fingerprint density at radius 2 is 2.24 bits per heavy atom. The molecule has 3 rings (SSSR count). The van der Waals surface area contributed by atoms with Crippen molar-refractivity contribution in [2.45, 2.75) is 51.7 Å². The lowest BCUT2D eigenvalue weighted by Gasteiger charge is -2.14. The van der Waals surface area contributed by atoms with Crippen LogP contribution in [0.5, 0.6) is 0 Å². The molecule has 0 bridgehead atoms. The van der Waals surface area contributed by atoms with Crippen LogP contribution in [0.4, 0.5) is 0 Å². The minimum atomic E-state index is -0.00128. The third-order valence-electron chi connectivity index (χ3n) is 4.67. The highest BCUT2D eigenvalue weighted by atomic mass is 32.1. The number of hydrogen-bond acceptors (Lipinski definition) is 4. The van der Waals surface area contributed by atoms with Gasteiger partial charge in [-0.1, -0.05) is 6.07 Å².